The number of rotatable bonds is 1. The van der Waals surface area contributed by atoms with Crippen LogP contribution >= 0.6 is 27.3 Å². The molecule has 0 spiro atoms. The lowest BCUT2D eigenvalue weighted by molar-refractivity contribution is 1.47. The maximum absolute atomic E-state index is 4.63. The Morgan fingerprint density at radius 2 is 1.75 bits per heavy atom. The van der Waals surface area contributed by atoms with Crippen molar-refractivity contribution in [2.45, 2.75) is 0 Å². The van der Waals surface area contributed by atoms with Gasteiger partial charge in [-0.1, -0.05) is 36.4 Å². The van der Waals surface area contributed by atoms with Gasteiger partial charge in [0.2, 0.25) is 0 Å². The van der Waals surface area contributed by atoms with Crippen LogP contribution in [0.2, 0.25) is 0 Å². The number of hydrogen-bond acceptors (Lipinski definition) is 2. The van der Waals surface area contributed by atoms with E-state index in [0.717, 1.165) is 15.0 Å². The summed E-state index contributed by atoms with van der Waals surface area (Å²) in [4.78, 5) is 4.63. The summed E-state index contributed by atoms with van der Waals surface area (Å²) in [6.07, 6.45) is 0. The molecule has 3 heteroatoms. The van der Waals surface area contributed by atoms with Crippen LogP contribution in [0.5, 0.6) is 0 Å². The quantitative estimate of drug-likeness (QED) is 0.631. The lowest BCUT2D eigenvalue weighted by Gasteiger charge is -1.92. The van der Waals surface area contributed by atoms with Crippen LogP contribution in [0.15, 0.2) is 53.0 Å². The van der Waals surface area contributed by atoms with Gasteiger partial charge in [-0.15, -0.1) is 11.3 Å². The number of aromatic nitrogens is 1. The van der Waals surface area contributed by atoms with Crippen LogP contribution in [-0.4, -0.2) is 4.98 Å². The summed E-state index contributed by atoms with van der Waals surface area (Å²) in [7, 11) is 0. The van der Waals surface area contributed by atoms with Gasteiger partial charge in [0.1, 0.15) is 5.01 Å². The predicted octanol–water partition coefficient (Wildman–Crippen LogP) is 4.73. The standard InChI is InChI=1S/C13H8BrNS/c14-10-7-4-8-11-12(10)16-13(15-11)9-5-2-1-3-6-9/h1-8H. The van der Waals surface area contributed by atoms with E-state index in [1.165, 1.54) is 10.3 Å². The molecule has 78 valence electrons. The monoisotopic (exact) mass is 289 g/mol. The minimum absolute atomic E-state index is 1.05. The highest BCUT2D eigenvalue weighted by Gasteiger charge is 2.07. The van der Waals surface area contributed by atoms with E-state index in [9.17, 15) is 0 Å². The van der Waals surface area contributed by atoms with Crippen molar-refractivity contribution in [1.29, 1.82) is 0 Å². The van der Waals surface area contributed by atoms with E-state index in [2.05, 4.69) is 39.1 Å². The fourth-order valence-electron chi connectivity index (χ4n) is 1.62. The molecule has 1 aromatic heterocycles. The zero-order valence-electron chi connectivity index (χ0n) is 8.35. The highest BCUT2D eigenvalue weighted by Crippen LogP contribution is 2.34. The first-order valence-corrected chi connectivity index (χ1v) is 6.56. The normalized spacial score (nSPS) is 10.8. The highest BCUT2D eigenvalue weighted by molar-refractivity contribution is 9.10. The third-order valence-electron chi connectivity index (χ3n) is 2.39. The summed E-state index contributed by atoms with van der Waals surface area (Å²) in [6.45, 7) is 0. The van der Waals surface area contributed by atoms with Crippen molar-refractivity contribution in [2.24, 2.45) is 0 Å². The number of thiazole rings is 1. The molecule has 0 saturated carbocycles. The molecule has 0 N–H and O–H groups in total. The van der Waals surface area contributed by atoms with E-state index in [1.807, 2.05) is 30.3 Å². The molecule has 1 heterocycles. The third kappa shape index (κ3) is 1.66. The van der Waals surface area contributed by atoms with E-state index in [1.54, 1.807) is 11.3 Å². The van der Waals surface area contributed by atoms with Crippen molar-refractivity contribution in [1.82, 2.24) is 4.98 Å². The van der Waals surface area contributed by atoms with Gasteiger partial charge in [-0.25, -0.2) is 4.98 Å². The van der Waals surface area contributed by atoms with Gasteiger partial charge in [0.15, 0.2) is 0 Å². The second-order valence-electron chi connectivity index (χ2n) is 3.47. The molecule has 0 radical (unpaired) electrons. The Morgan fingerprint density at radius 3 is 2.50 bits per heavy atom. The van der Waals surface area contributed by atoms with E-state index in [4.69, 9.17) is 0 Å². The van der Waals surface area contributed by atoms with Crippen molar-refractivity contribution in [2.75, 3.05) is 0 Å². The van der Waals surface area contributed by atoms with Crippen molar-refractivity contribution in [3.05, 3.63) is 53.0 Å². The predicted molar refractivity (Wildman–Crippen MR) is 72.8 cm³/mol. The molecule has 0 atom stereocenters. The maximum atomic E-state index is 4.63. The third-order valence-corrected chi connectivity index (χ3v) is 4.46. The van der Waals surface area contributed by atoms with Crippen LogP contribution in [0.4, 0.5) is 0 Å². The van der Waals surface area contributed by atoms with Gasteiger partial charge in [-0.05, 0) is 28.1 Å². The number of hydrogen-bond donors (Lipinski definition) is 0. The molecule has 16 heavy (non-hydrogen) atoms. The molecule has 2 aromatic carbocycles. The Kier molecular flexibility index (Phi) is 2.50. The van der Waals surface area contributed by atoms with Gasteiger partial charge in [0.05, 0.1) is 10.2 Å². The molecule has 1 nitrogen and oxygen atoms in total. The Balaban J connectivity index is 2.23. The molecule has 0 saturated heterocycles. The molecule has 0 fully saturated rings. The summed E-state index contributed by atoms with van der Waals surface area (Å²) in [5, 5.41) is 1.07. The average molecular weight is 290 g/mol. The number of halogens is 1. The Bertz CT molecular complexity index is 631. The largest absolute Gasteiger partial charge is 0.236 e. The Morgan fingerprint density at radius 1 is 0.938 bits per heavy atom. The van der Waals surface area contributed by atoms with Crippen molar-refractivity contribution >= 4 is 37.5 Å². The molecule has 0 aliphatic rings. The summed E-state index contributed by atoms with van der Waals surface area (Å²) in [5.41, 5.74) is 2.23. The fraction of sp³-hybridized carbons (Fsp3) is 0. The van der Waals surface area contributed by atoms with Gasteiger partial charge >= 0.3 is 0 Å². The number of benzene rings is 2. The second-order valence-corrected chi connectivity index (χ2v) is 5.33. The van der Waals surface area contributed by atoms with Crippen LogP contribution in [0.3, 0.4) is 0 Å². The summed E-state index contributed by atoms with van der Waals surface area (Å²) in [6, 6.07) is 16.4. The zero-order chi connectivity index (χ0) is 11.0. The zero-order valence-corrected chi connectivity index (χ0v) is 10.8. The van der Waals surface area contributed by atoms with Crippen LogP contribution in [-0.2, 0) is 0 Å². The molecule has 0 bridgehead atoms. The lowest BCUT2D eigenvalue weighted by atomic mass is 10.2. The highest BCUT2D eigenvalue weighted by atomic mass is 79.9. The van der Waals surface area contributed by atoms with Crippen molar-refractivity contribution < 1.29 is 0 Å². The van der Waals surface area contributed by atoms with Gasteiger partial charge in [0.25, 0.3) is 0 Å². The summed E-state index contributed by atoms with van der Waals surface area (Å²) >= 11 is 5.27. The van der Waals surface area contributed by atoms with Gasteiger partial charge < -0.3 is 0 Å². The summed E-state index contributed by atoms with van der Waals surface area (Å²) in [5.74, 6) is 0. The van der Waals surface area contributed by atoms with E-state index in [0.29, 0.717) is 0 Å². The van der Waals surface area contributed by atoms with Crippen LogP contribution in [0.1, 0.15) is 0 Å². The van der Waals surface area contributed by atoms with Gasteiger partial charge in [0, 0.05) is 10.0 Å². The fourth-order valence-corrected chi connectivity index (χ4v) is 3.19. The smallest absolute Gasteiger partial charge is 0.124 e. The Labute approximate surface area is 106 Å². The average Bonchev–Trinajstić information content (AvgIpc) is 2.76. The first kappa shape index (κ1) is 10.00. The number of fused-ring (bicyclic) bond motifs is 1. The molecule has 0 unspecified atom stereocenters. The molecule has 0 aliphatic heterocycles. The molecule has 3 rings (SSSR count). The van der Waals surface area contributed by atoms with E-state index < -0.39 is 0 Å². The first-order chi connectivity index (χ1) is 7.84. The van der Waals surface area contributed by atoms with Gasteiger partial charge in [-0.2, -0.15) is 0 Å². The van der Waals surface area contributed by atoms with Gasteiger partial charge in [-0.3, -0.25) is 0 Å². The first-order valence-electron chi connectivity index (χ1n) is 4.95. The molecule has 0 aliphatic carbocycles. The minimum atomic E-state index is 1.05. The van der Waals surface area contributed by atoms with Crippen molar-refractivity contribution in [3.8, 4) is 10.6 Å². The van der Waals surface area contributed by atoms with E-state index >= 15 is 0 Å². The molecule has 3 aromatic rings. The molecular formula is C13H8BrNS. The lowest BCUT2D eigenvalue weighted by Crippen LogP contribution is -1.73. The maximum Gasteiger partial charge on any atom is 0.124 e. The minimum Gasteiger partial charge on any atom is -0.236 e. The molecule has 0 amide bonds. The SMILES string of the molecule is Brc1cccc2nc(-c3ccccc3)sc12. The summed E-state index contributed by atoms with van der Waals surface area (Å²) < 4.78 is 2.33. The van der Waals surface area contributed by atoms with Crippen molar-refractivity contribution in [3.63, 3.8) is 0 Å². The van der Waals surface area contributed by atoms with Crippen LogP contribution in [0, 0.1) is 0 Å². The second kappa shape index (κ2) is 4.00. The topological polar surface area (TPSA) is 12.9 Å². The van der Waals surface area contributed by atoms with Crippen LogP contribution < -0.4 is 0 Å². The molecular weight excluding hydrogens is 282 g/mol. The Hall–Kier alpha value is -1.19. The van der Waals surface area contributed by atoms with Crippen LogP contribution in [0.25, 0.3) is 20.8 Å². The number of nitrogens with zero attached hydrogens (tertiary/aromatic N) is 1. The van der Waals surface area contributed by atoms with E-state index in [-0.39, 0.29) is 0 Å².